The summed E-state index contributed by atoms with van der Waals surface area (Å²) in [4.78, 5) is 8.18. The second kappa shape index (κ2) is 9.90. The van der Waals surface area contributed by atoms with Gasteiger partial charge in [-0.3, -0.25) is 9.98 Å². The summed E-state index contributed by atoms with van der Waals surface area (Å²) < 4.78 is 26.9. The molecule has 25 heavy (non-hydrogen) atoms. The third-order valence-corrected chi connectivity index (χ3v) is 5.28. The molecule has 0 aliphatic carbocycles. The van der Waals surface area contributed by atoms with Gasteiger partial charge in [0.05, 0.1) is 16.5 Å². The molecule has 2 aromatic rings. The highest BCUT2D eigenvalue weighted by molar-refractivity contribution is 7.99. The van der Waals surface area contributed by atoms with Crippen LogP contribution in [0.3, 0.4) is 0 Å². The lowest BCUT2D eigenvalue weighted by atomic mass is 10.4. The number of hydrogen-bond acceptors (Lipinski definition) is 6. The van der Waals surface area contributed by atoms with Crippen LogP contribution in [0.5, 0.6) is 0 Å². The van der Waals surface area contributed by atoms with Crippen molar-refractivity contribution < 1.29 is 8.42 Å². The van der Waals surface area contributed by atoms with Crippen LogP contribution in [-0.2, 0) is 10.0 Å². The lowest BCUT2D eigenvalue weighted by molar-refractivity contribution is 0.591. The van der Waals surface area contributed by atoms with Crippen LogP contribution in [0.1, 0.15) is 0 Å². The van der Waals surface area contributed by atoms with Crippen molar-refractivity contribution in [3.8, 4) is 0 Å². The minimum Gasteiger partial charge on any atom is -0.375 e. The van der Waals surface area contributed by atoms with Crippen molar-refractivity contribution >= 4 is 33.4 Å². The Balaban J connectivity index is 1.70. The second-order valence-corrected chi connectivity index (χ2v) is 7.68. The Kier molecular flexibility index (Phi) is 7.55. The maximum absolute atomic E-state index is 12.2. The van der Waals surface area contributed by atoms with Gasteiger partial charge in [0, 0.05) is 31.7 Å². The Bertz CT molecular complexity index is 768. The lowest BCUT2D eigenvalue weighted by Gasteiger charge is -2.12. The molecule has 0 radical (unpaired) electrons. The molecule has 1 aromatic heterocycles. The highest BCUT2D eigenvalue weighted by Gasteiger charge is 2.15. The van der Waals surface area contributed by atoms with Gasteiger partial charge in [-0.25, -0.2) is 13.1 Å². The Morgan fingerprint density at radius 3 is 2.68 bits per heavy atom. The summed E-state index contributed by atoms with van der Waals surface area (Å²) in [7, 11) is -2.09. The number of rotatable bonds is 8. The molecule has 134 valence electrons. The second-order valence-electron chi connectivity index (χ2n) is 4.89. The Morgan fingerprint density at radius 1 is 1.20 bits per heavy atom. The van der Waals surface area contributed by atoms with E-state index in [4.69, 9.17) is 0 Å². The van der Waals surface area contributed by atoms with Crippen LogP contribution >= 0.6 is 11.8 Å². The minimum absolute atomic E-state index is 0.202. The fourth-order valence-corrected chi connectivity index (χ4v) is 3.57. The third kappa shape index (κ3) is 6.63. The van der Waals surface area contributed by atoms with Crippen LogP contribution < -0.4 is 15.4 Å². The van der Waals surface area contributed by atoms with Gasteiger partial charge in [0.2, 0.25) is 5.96 Å². The van der Waals surface area contributed by atoms with Gasteiger partial charge in [-0.2, -0.15) is 0 Å². The fourth-order valence-electron chi connectivity index (χ4n) is 1.86. The normalized spacial score (nSPS) is 11.8. The van der Waals surface area contributed by atoms with E-state index in [1.807, 2.05) is 12.1 Å². The van der Waals surface area contributed by atoms with Crippen molar-refractivity contribution in [3.63, 3.8) is 0 Å². The topological polar surface area (TPSA) is 95.5 Å². The molecule has 0 fully saturated rings. The predicted octanol–water partition coefficient (Wildman–Crippen LogP) is 1.74. The van der Waals surface area contributed by atoms with Crippen molar-refractivity contribution in [2.45, 2.75) is 4.90 Å². The molecule has 7 nitrogen and oxygen atoms in total. The first-order chi connectivity index (χ1) is 12.1. The maximum atomic E-state index is 12.2. The zero-order chi connectivity index (χ0) is 18.0. The molecule has 0 aliphatic heterocycles. The van der Waals surface area contributed by atoms with Crippen LogP contribution in [-0.4, -0.2) is 44.6 Å². The number of aromatic nitrogens is 1. The van der Waals surface area contributed by atoms with E-state index in [0.717, 1.165) is 17.3 Å². The zero-order valence-corrected chi connectivity index (χ0v) is 15.5. The molecule has 0 unspecified atom stereocenters. The summed E-state index contributed by atoms with van der Waals surface area (Å²) in [5, 5.41) is 6.23. The lowest BCUT2D eigenvalue weighted by Crippen LogP contribution is -2.41. The van der Waals surface area contributed by atoms with Crippen LogP contribution in [0.2, 0.25) is 0 Å². The van der Waals surface area contributed by atoms with Crippen molar-refractivity contribution in [1.29, 1.82) is 0 Å². The molecule has 0 amide bonds. The van der Waals surface area contributed by atoms with E-state index >= 15 is 0 Å². The summed E-state index contributed by atoms with van der Waals surface area (Å²) >= 11 is 1.68. The SMILES string of the molecule is CN=C(NCCSCNc1cccnc1)NS(=O)(=O)c1ccccc1. The first-order valence-electron chi connectivity index (χ1n) is 7.62. The maximum Gasteiger partial charge on any atom is 0.264 e. The van der Waals surface area contributed by atoms with E-state index in [2.05, 4.69) is 25.3 Å². The molecule has 0 spiro atoms. The fraction of sp³-hybridized carbons (Fsp3) is 0.250. The standard InChI is InChI=1S/C16H21N5O2S2/c1-17-16(21-25(22,23)15-7-3-2-4-8-15)19-10-11-24-13-20-14-6-5-9-18-12-14/h2-9,12,20H,10-11,13H2,1H3,(H2,17,19,21). The van der Waals surface area contributed by atoms with Gasteiger partial charge in [-0.15, -0.1) is 11.8 Å². The molecule has 0 bridgehead atoms. The van der Waals surface area contributed by atoms with E-state index in [1.54, 1.807) is 42.4 Å². The predicted molar refractivity (Wildman–Crippen MR) is 103 cm³/mol. The highest BCUT2D eigenvalue weighted by atomic mass is 32.2. The number of hydrogen-bond donors (Lipinski definition) is 3. The Morgan fingerprint density at radius 2 is 2.00 bits per heavy atom. The number of nitrogens with one attached hydrogen (secondary N) is 3. The van der Waals surface area contributed by atoms with Crippen molar-refractivity contribution in [1.82, 2.24) is 15.0 Å². The molecular weight excluding hydrogens is 358 g/mol. The number of benzene rings is 1. The molecule has 9 heteroatoms. The van der Waals surface area contributed by atoms with Crippen molar-refractivity contribution in [3.05, 3.63) is 54.9 Å². The first-order valence-corrected chi connectivity index (χ1v) is 10.3. The summed E-state index contributed by atoms with van der Waals surface area (Å²) in [5.74, 6) is 1.76. The summed E-state index contributed by atoms with van der Waals surface area (Å²) in [6.07, 6.45) is 3.49. The number of aliphatic imine (C=N–C) groups is 1. The number of nitrogens with zero attached hydrogens (tertiary/aromatic N) is 2. The van der Waals surface area contributed by atoms with Gasteiger partial charge in [-0.1, -0.05) is 18.2 Å². The van der Waals surface area contributed by atoms with Crippen molar-refractivity contribution in [2.24, 2.45) is 4.99 Å². The Hall–Kier alpha value is -2.26. The molecule has 1 heterocycles. The quantitative estimate of drug-likeness (QED) is 0.280. The highest BCUT2D eigenvalue weighted by Crippen LogP contribution is 2.07. The molecule has 0 atom stereocenters. The van der Waals surface area contributed by atoms with E-state index in [-0.39, 0.29) is 10.9 Å². The molecule has 3 N–H and O–H groups in total. The molecule has 0 saturated carbocycles. The van der Waals surface area contributed by atoms with E-state index in [9.17, 15) is 8.42 Å². The summed E-state index contributed by atoms with van der Waals surface area (Å²) in [6.45, 7) is 0.587. The number of anilines is 1. The van der Waals surface area contributed by atoms with Gasteiger partial charge in [0.15, 0.2) is 0 Å². The number of thioether (sulfide) groups is 1. The van der Waals surface area contributed by atoms with E-state index in [1.165, 1.54) is 19.2 Å². The Labute approximate surface area is 152 Å². The smallest absolute Gasteiger partial charge is 0.264 e. The molecule has 1 aromatic carbocycles. The van der Waals surface area contributed by atoms with Crippen molar-refractivity contribution in [2.75, 3.05) is 30.5 Å². The first kappa shape index (κ1) is 19.1. The summed E-state index contributed by atoms with van der Waals surface area (Å²) in [6, 6.07) is 12.0. The van der Waals surface area contributed by atoms with Gasteiger partial charge in [0.25, 0.3) is 10.0 Å². The monoisotopic (exact) mass is 379 g/mol. The number of sulfonamides is 1. The molecular formula is C16H21N5O2S2. The van der Waals surface area contributed by atoms with E-state index in [0.29, 0.717) is 6.54 Å². The molecule has 0 saturated heterocycles. The van der Waals surface area contributed by atoms with Gasteiger partial charge in [-0.05, 0) is 24.3 Å². The van der Waals surface area contributed by atoms with Gasteiger partial charge in [0.1, 0.15) is 0 Å². The van der Waals surface area contributed by atoms with Crippen LogP contribution in [0.25, 0.3) is 0 Å². The largest absolute Gasteiger partial charge is 0.375 e. The number of pyridine rings is 1. The van der Waals surface area contributed by atoms with Gasteiger partial charge >= 0.3 is 0 Å². The van der Waals surface area contributed by atoms with Gasteiger partial charge < -0.3 is 10.6 Å². The molecule has 0 aliphatic rings. The molecule has 2 rings (SSSR count). The summed E-state index contributed by atoms with van der Waals surface area (Å²) in [5.41, 5.74) is 0.967. The average molecular weight is 380 g/mol. The number of guanidine groups is 1. The average Bonchev–Trinajstić information content (AvgIpc) is 2.65. The van der Waals surface area contributed by atoms with Crippen LogP contribution in [0.4, 0.5) is 5.69 Å². The third-order valence-electron chi connectivity index (χ3n) is 3.09. The minimum atomic E-state index is -3.62. The zero-order valence-electron chi connectivity index (χ0n) is 13.8. The van der Waals surface area contributed by atoms with E-state index < -0.39 is 10.0 Å². The van der Waals surface area contributed by atoms with Crippen LogP contribution in [0, 0.1) is 0 Å². The van der Waals surface area contributed by atoms with Crippen LogP contribution in [0.15, 0.2) is 64.7 Å².